The number of ether oxygens (including phenoxy) is 1. The maximum Gasteiger partial charge on any atom is 0.324 e. The SMILES string of the molecule is CC(C)(SOO[O-])C(=O)OCC12CC3CC(CC(O)(C3)C1)C2. The fourth-order valence-electron chi connectivity index (χ4n) is 5.10. The molecule has 4 fully saturated rings. The van der Waals surface area contributed by atoms with Gasteiger partial charge in [0.25, 0.3) is 0 Å². The average Bonchev–Trinajstić information content (AvgIpc) is 2.40. The molecule has 6 nitrogen and oxygen atoms in total. The van der Waals surface area contributed by atoms with Gasteiger partial charge in [-0.25, -0.2) is 0 Å². The van der Waals surface area contributed by atoms with Gasteiger partial charge < -0.3 is 15.1 Å². The van der Waals surface area contributed by atoms with Crippen LogP contribution in [0.1, 0.15) is 52.4 Å². The van der Waals surface area contributed by atoms with Gasteiger partial charge in [0.05, 0.1) is 12.2 Å². The van der Waals surface area contributed by atoms with Crippen molar-refractivity contribution in [2.45, 2.75) is 62.7 Å². The smallest absolute Gasteiger partial charge is 0.324 e. The fourth-order valence-corrected chi connectivity index (χ4v) is 5.42. The third kappa shape index (κ3) is 3.14. The van der Waals surface area contributed by atoms with Crippen molar-refractivity contribution in [2.75, 3.05) is 6.61 Å². The Hall–Kier alpha value is -0.340. The Morgan fingerprint density at radius 3 is 2.50 bits per heavy atom. The van der Waals surface area contributed by atoms with Gasteiger partial charge in [0.2, 0.25) is 0 Å². The molecule has 0 spiro atoms. The number of esters is 1. The molecule has 0 aliphatic heterocycles. The number of hydrogen-bond acceptors (Lipinski definition) is 7. The van der Waals surface area contributed by atoms with Crippen LogP contribution in [0.25, 0.3) is 0 Å². The van der Waals surface area contributed by atoms with Crippen LogP contribution in [0.2, 0.25) is 0 Å². The molecule has 0 aromatic heterocycles. The summed E-state index contributed by atoms with van der Waals surface area (Å²) in [6.07, 6.45) is 5.80. The zero-order chi connectivity index (χ0) is 16.0. The topological polar surface area (TPSA) is 88.0 Å². The van der Waals surface area contributed by atoms with Crippen molar-refractivity contribution in [2.24, 2.45) is 17.3 Å². The Bertz CT molecular complexity index is 437. The van der Waals surface area contributed by atoms with Gasteiger partial charge in [-0.1, -0.05) is 0 Å². The van der Waals surface area contributed by atoms with Gasteiger partial charge in [-0.05, 0) is 64.2 Å². The third-order valence-electron chi connectivity index (χ3n) is 5.42. The first-order valence-corrected chi connectivity index (χ1v) is 8.54. The Labute approximate surface area is 134 Å². The lowest BCUT2D eigenvalue weighted by Crippen LogP contribution is -2.57. The summed E-state index contributed by atoms with van der Waals surface area (Å²) in [7, 11) is 0. The van der Waals surface area contributed by atoms with E-state index in [1.165, 1.54) is 6.42 Å². The number of aliphatic hydroxyl groups is 1. The Kier molecular flexibility index (Phi) is 4.23. The number of carbonyl (C=O) groups excluding carboxylic acids is 1. The molecule has 4 aliphatic rings. The quantitative estimate of drug-likeness (QED) is 0.341. The van der Waals surface area contributed by atoms with E-state index in [-0.39, 0.29) is 5.41 Å². The second kappa shape index (κ2) is 5.63. The van der Waals surface area contributed by atoms with Crippen molar-refractivity contribution in [3.63, 3.8) is 0 Å². The lowest BCUT2D eigenvalue weighted by atomic mass is 9.48. The highest BCUT2D eigenvalue weighted by atomic mass is 32.2. The van der Waals surface area contributed by atoms with E-state index in [1.807, 2.05) is 0 Å². The van der Waals surface area contributed by atoms with Crippen LogP contribution in [-0.2, 0) is 18.9 Å². The van der Waals surface area contributed by atoms with Gasteiger partial charge in [0.15, 0.2) is 0 Å². The third-order valence-corrected chi connectivity index (χ3v) is 6.13. The van der Waals surface area contributed by atoms with Crippen molar-refractivity contribution in [3.05, 3.63) is 0 Å². The average molecular weight is 331 g/mol. The summed E-state index contributed by atoms with van der Waals surface area (Å²) in [4.78, 5) is 12.2. The number of hydrogen-bond donors (Lipinski definition) is 1. The Balaban J connectivity index is 1.60. The van der Waals surface area contributed by atoms with Crippen LogP contribution < -0.4 is 5.26 Å². The van der Waals surface area contributed by atoms with Gasteiger partial charge >= 0.3 is 5.97 Å². The zero-order valence-corrected chi connectivity index (χ0v) is 13.8. The monoisotopic (exact) mass is 331 g/mol. The maximum absolute atomic E-state index is 12.2. The first-order valence-electron chi connectivity index (χ1n) is 7.80. The molecule has 0 saturated heterocycles. The van der Waals surface area contributed by atoms with Crippen molar-refractivity contribution in [1.82, 2.24) is 0 Å². The highest BCUT2D eigenvalue weighted by Crippen LogP contribution is 2.61. The van der Waals surface area contributed by atoms with Crippen LogP contribution >= 0.6 is 12.0 Å². The molecule has 4 saturated carbocycles. The van der Waals surface area contributed by atoms with Gasteiger partial charge in [-0.15, -0.1) is 0 Å². The molecule has 4 bridgehead atoms. The zero-order valence-electron chi connectivity index (χ0n) is 13.0. The van der Waals surface area contributed by atoms with Crippen molar-refractivity contribution in [3.8, 4) is 0 Å². The lowest BCUT2D eigenvalue weighted by Gasteiger charge is -2.59. The summed E-state index contributed by atoms with van der Waals surface area (Å²) in [6, 6.07) is 0. The first-order chi connectivity index (χ1) is 10.3. The maximum atomic E-state index is 12.2. The van der Waals surface area contributed by atoms with Crippen molar-refractivity contribution < 1.29 is 29.3 Å². The molecule has 126 valence electrons. The Morgan fingerprint density at radius 2 is 1.95 bits per heavy atom. The standard InChI is InChI=1S/C15H24O6S/c1-13(2,22-21-20-18)12(16)19-9-14-4-10-3-11(5-14)7-15(17,6-10)8-14/h10-11,17-18H,3-9H2,1-2H3/p-1. The summed E-state index contributed by atoms with van der Waals surface area (Å²) in [6.45, 7) is 3.57. The highest BCUT2D eigenvalue weighted by molar-refractivity contribution is 7.96. The molecule has 0 amide bonds. The Morgan fingerprint density at radius 1 is 1.32 bits per heavy atom. The summed E-state index contributed by atoms with van der Waals surface area (Å²) in [5, 5.41) is 23.9. The molecule has 0 aromatic rings. The number of rotatable bonds is 6. The van der Waals surface area contributed by atoms with Crippen LogP contribution in [0.3, 0.4) is 0 Å². The summed E-state index contributed by atoms with van der Waals surface area (Å²) in [5.41, 5.74) is -0.634. The van der Waals surface area contributed by atoms with Gasteiger partial charge in [0, 0.05) is 17.5 Å². The molecule has 1 N–H and O–H groups in total. The molecule has 7 heteroatoms. The molecule has 0 heterocycles. The summed E-state index contributed by atoms with van der Waals surface area (Å²) < 4.78 is 8.77. The molecule has 2 unspecified atom stereocenters. The fraction of sp³-hybridized carbons (Fsp3) is 0.933. The molecular formula is C15H23O6S-. The molecule has 0 aromatic carbocycles. The molecule has 2 atom stereocenters. The van der Waals surface area contributed by atoms with Crippen LogP contribution in [-0.4, -0.2) is 28.0 Å². The van der Waals surface area contributed by atoms with Crippen LogP contribution in [0, 0.1) is 17.3 Å². The second-order valence-electron chi connectivity index (χ2n) is 7.99. The van der Waals surface area contributed by atoms with Crippen molar-refractivity contribution in [1.29, 1.82) is 0 Å². The summed E-state index contributed by atoms with van der Waals surface area (Å²) in [5.74, 6) is 0.686. The highest BCUT2D eigenvalue weighted by Gasteiger charge is 2.57. The van der Waals surface area contributed by atoms with Gasteiger partial charge in [-0.2, -0.15) is 4.33 Å². The van der Waals surface area contributed by atoms with Crippen LogP contribution in [0.15, 0.2) is 0 Å². The van der Waals surface area contributed by atoms with E-state index in [1.54, 1.807) is 13.8 Å². The van der Waals surface area contributed by atoms with Crippen molar-refractivity contribution >= 4 is 18.0 Å². The van der Waals surface area contributed by atoms with E-state index in [2.05, 4.69) is 9.37 Å². The first kappa shape index (κ1) is 16.5. The van der Waals surface area contributed by atoms with E-state index in [0.717, 1.165) is 32.1 Å². The van der Waals surface area contributed by atoms with E-state index in [4.69, 9.17) is 4.74 Å². The minimum Gasteiger partial charge on any atom is -0.691 e. The van der Waals surface area contributed by atoms with Crippen LogP contribution in [0.5, 0.6) is 0 Å². The van der Waals surface area contributed by atoms with E-state index >= 15 is 0 Å². The summed E-state index contributed by atoms with van der Waals surface area (Å²) >= 11 is 0.644. The molecule has 0 radical (unpaired) electrons. The molecule has 4 aliphatic carbocycles. The number of carbonyl (C=O) groups is 1. The van der Waals surface area contributed by atoms with Gasteiger partial charge in [0.1, 0.15) is 4.75 Å². The largest absolute Gasteiger partial charge is 0.691 e. The van der Waals surface area contributed by atoms with Gasteiger partial charge in [-0.3, -0.25) is 9.83 Å². The minimum absolute atomic E-state index is 0.0782. The van der Waals surface area contributed by atoms with Crippen LogP contribution in [0.4, 0.5) is 0 Å². The lowest BCUT2D eigenvalue weighted by molar-refractivity contribution is -0.777. The molecular weight excluding hydrogens is 308 g/mol. The normalized spacial score (nSPS) is 40.0. The molecule has 22 heavy (non-hydrogen) atoms. The molecule has 4 rings (SSSR count). The van der Waals surface area contributed by atoms with E-state index in [0.29, 0.717) is 30.5 Å². The predicted molar refractivity (Wildman–Crippen MR) is 76.9 cm³/mol. The predicted octanol–water partition coefficient (Wildman–Crippen LogP) is 1.51. The minimum atomic E-state index is -1.01. The van der Waals surface area contributed by atoms with E-state index in [9.17, 15) is 15.2 Å². The second-order valence-corrected chi connectivity index (χ2v) is 9.31. The van der Waals surface area contributed by atoms with E-state index < -0.39 is 16.3 Å².